The maximum atomic E-state index is 5.69. The van der Waals surface area contributed by atoms with Crippen LogP contribution in [0.2, 0.25) is 0 Å². The maximum absolute atomic E-state index is 5.69. The van der Waals surface area contributed by atoms with Crippen molar-refractivity contribution in [3.63, 3.8) is 0 Å². The normalized spacial score (nSPS) is 12.8. The highest BCUT2D eigenvalue weighted by molar-refractivity contribution is 5.10. The number of nitrogens with zero attached hydrogens (tertiary/aromatic N) is 2. The SMILES string of the molecule is COCc1ccc(CN(C)C(C)c2ccccn2)o1. The predicted octanol–water partition coefficient (Wildman–Crippen LogP) is 3.01. The standard InChI is InChI=1S/C15H20N2O2/c1-12(15-6-4-5-9-16-15)17(2)10-13-7-8-14(19-13)11-18-3/h4-9,12H,10-11H2,1-3H3. The molecular formula is C15H20N2O2. The second-order valence-corrected chi connectivity index (χ2v) is 4.65. The lowest BCUT2D eigenvalue weighted by molar-refractivity contribution is 0.158. The zero-order chi connectivity index (χ0) is 13.7. The minimum Gasteiger partial charge on any atom is -0.462 e. The lowest BCUT2D eigenvalue weighted by atomic mass is 10.2. The van der Waals surface area contributed by atoms with E-state index in [0.717, 1.165) is 23.8 Å². The average molecular weight is 260 g/mol. The van der Waals surface area contributed by atoms with Gasteiger partial charge in [0.05, 0.1) is 12.2 Å². The highest BCUT2D eigenvalue weighted by Crippen LogP contribution is 2.19. The quantitative estimate of drug-likeness (QED) is 0.800. The fourth-order valence-electron chi connectivity index (χ4n) is 1.96. The largest absolute Gasteiger partial charge is 0.462 e. The van der Waals surface area contributed by atoms with Gasteiger partial charge >= 0.3 is 0 Å². The van der Waals surface area contributed by atoms with Crippen molar-refractivity contribution in [2.24, 2.45) is 0 Å². The molecule has 2 heterocycles. The Bertz CT molecular complexity index is 496. The molecule has 0 bridgehead atoms. The van der Waals surface area contributed by atoms with E-state index in [-0.39, 0.29) is 6.04 Å². The summed E-state index contributed by atoms with van der Waals surface area (Å²) < 4.78 is 10.7. The van der Waals surface area contributed by atoms with Gasteiger partial charge in [-0.05, 0) is 38.2 Å². The van der Waals surface area contributed by atoms with Crippen molar-refractivity contribution >= 4 is 0 Å². The third-order valence-corrected chi connectivity index (χ3v) is 3.19. The summed E-state index contributed by atoms with van der Waals surface area (Å²) in [6, 6.07) is 10.2. The summed E-state index contributed by atoms with van der Waals surface area (Å²) in [5.74, 6) is 1.80. The van der Waals surface area contributed by atoms with Crippen LogP contribution in [0.3, 0.4) is 0 Å². The lowest BCUT2D eigenvalue weighted by Gasteiger charge is -2.23. The molecule has 0 fully saturated rings. The molecule has 2 aromatic rings. The van der Waals surface area contributed by atoms with Gasteiger partial charge in [0.15, 0.2) is 0 Å². The van der Waals surface area contributed by atoms with Crippen LogP contribution in [-0.4, -0.2) is 24.0 Å². The molecule has 0 saturated carbocycles. The summed E-state index contributed by atoms with van der Waals surface area (Å²) >= 11 is 0. The number of hydrogen-bond donors (Lipinski definition) is 0. The number of ether oxygens (including phenoxy) is 1. The molecule has 4 nitrogen and oxygen atoms in total. The summed E-state index contributed by atoms with van der Waals surface area (Å²) in [4.78, 5) is 6.59. The van der Waals surface area contributed by atoms with E-state index in [4.69, 9.17) is 9.15 Å². The summed E-state index contributed by atoms with van der Waals surface area (Å²) in [6.07, 6.45) is 1.82. The van der Waals surface area contributed by atoms with Crippen LogP contribution >= 0.6 is 0 Å². The van der Waals surface area contributed by atoms with Crippen LogP contribution in [0.5, 0.6) is 0 Å². The van der Waals surface area contributed by atoms with Crippen molar-refractivity contribution in [2.45, 2.75) is 26.1 Å². The predicted molar refractivity (Wildman–Crippen MR) is 73.5 cm³/mol. The van der Waals surface area contributed by atoms with Crippen molar-refractivity contribution in [3.8, 4) is 0 Å². The van der Waals surface area contributed by atoms with Crippen LogP contribution in [0.15, 0.2) is 40.9 Å². The fraction of sp³-hybridized carbons (Fsp3) is 0.400. The van der Waals surface area contributed by atoms with Gasteiger partial charge < -0.3 is 9.15 Å². The third kappa shape index (κ3) is 3.66. The van der Waals surface area contributed by atoms with Gasteiger partial charge in [0, 0.05) is 19.3 Å². The highest BCUT2D eigenvalue weighted by atomic mass is 16.5. The molecule has 19 heavy (non-hydrogen) atoms. The van der Waals surface area contributed by atoms with E-state index in [1.54, 1.807) is 7.11 Å². The molecule has 0 aliphatic carbocycles. The fourth-order valence-corrected chi connectivity index (χ4v) is 1.96. The molecule has 2 rings (SSSR count). The first kappa shape index (κ1) is 13.8. The van der Waals surface area contributed by atoms with Gasteiger partial charge in [-0.2, -0.15) is 0 Å². The molecule has 0 aliphatic heterocycles. The Morgan fingerprint density at radius 1 is 1.26 bits per heavy atom. The monoisotopic (exact) mass is 260 g/mol. The van der Waals surface area contributed by atoms with Crippen molar-refractivity contribution in [1.29, 1.82) is 0 Å². The highest BCUT2D eigenvalue weighted by Gasteiger charge is 2.14. The maximum Gasteiger partial charge on any atom is 0.129 e. The van der Waals surface area contributed by atoms with Gasteiger partial charge in [-0.3, -0.25) is 9.88 Å². The van der Waals surface area contributed by atoms with Gasteiger partial charge in [0.25, 0.3) is 0 Å². The van der Waals surface area contributed by atoms with E-state index in [9.17, 15) is 0 Å². The van der Waals surface area contributed by atoms with Crippen LogP contribution < -0.4 is 0 Å². The zero-order valence-corrected chi connectivity index (χ0v) is 11.7. The molecule has 1 unspecified atom stereocenters. The first-order chi connectivity index (χ1) is 9.20. The van der Waals surface area contributed by atoms with Crippen molar-refractivity contribution < 1.29 is 9.15 Å². The summed E-state index contributed by atoms with van der Waals surface area (Å²) in [5.41, 5.74) is 1.06. The van der Waals surface area contributed by atoms with Gasteiger partial charge in [0.1, 0.15) is 18.1 Å². The van der Waals surface area contributed by atoms with Crippen LogP contribution in [0, 0.1) is 0 Å². The van der Waals surface area contributed by atoms with E-state index in [0.29, 0.717) is 6.61 Å². The summed E-state index contributed by atoms with van der Waals surface area (Å²) in [6.45, 7) is 3.41. The first-order valence-corrected chi connectivity index (χ1v) is 6.38. The first-order valence-electron chi connectivity index (χ1n) is 6.38. The number of hydrogen-bond acceptors (Lipinski definition) is 4. The van der Waals surface area contributed by atoms with E-state index in [1.807, 2.05) is 36.5 Å². The zero-order valence-electron chi connectivity index (χ0n) is 11.7. The minimum atomic E-state index is 0.247. The average Bonchev–Trinajstić information content (AvgIpc) is 2.86. The number of rotatable bonds is 6. The third-order valence-electron chi connectivity index (χ3n) is 3.19. The Hall–Kier alpha value is -1.65. The Kier molecular flexibility index (Phi) is 4.71. The molecule has 102 valence electrons. The molecule has 4 heteroatoms. The van der Waals surface area contributed by atoms with E-state index in [1.165, 1.54) is 0 Å². The van der Waals surface area contributed by atoms with Gasteiger partial charge in [-0.25, -0.2) is 0 Å². The van der Waals surface area contributed by atoms with E-state index in [2.05, 4.69) is 23.9 Å². The van der Waals surface area contributed by atoms with Crippen LogP contribution in [-0.2, 0) is 17.9 Å². The molecule has 0 aliphatic rings. The molecule has 2 aromatic heterocycles. The molecule has 0 spiro atoms. The van der Waals surface area contributed by atoms with Crippen molar-refractivity contribution in [3.05, 3.63) is 53.7 Å². The molecule has 0 N–H and O–H groups in total. The molecule has 0 radical (unpaired) electrons. The smallest absolute Gasteiger partial charge is 0.129 e. The van der Waals surface area contributed by atoms with Gasteiger partial charge in [-0.15, -0.1) is 0 Å². The number of furan rings is 1. The van der Waals surface area contributed by atoms with Gasteiger partial charge in [-0.1, -0.05) is 6.07 Å². The van der Waals surface area contributed by atoms with Crippen LogP contribution in [0.1, 0.15) is 30.2 Å². The number of methoxy groups -OCH3 is 1. The molecule has 1 atom stereocenters. The molecule has 0 aromatic carbocycles. The van der Waals surface area contributed by atoms with E-state index < -0.39 is 0 Å². The number of pyridine rings is 1. The molecular weight excluding hydrogens is 240 g/mol. The van der Waals surface area contributed by atoms with E-state index >= 15 is 0 Å². The number of aromatic nitrogens is 1. The topological polar surface area (TPSA) is 38.5 Å². The summed E-state index contributed by atoms with van der Waals surface area (Å²) in [5, 5.41) is 0. The Labute approximate surface area is 114 Å². The molecule has 0 saturated heterocycles. The van der Waals surface area contributed by atoms with Crippen molar-refractivity contribution in [2.75, 3.05) is 14.2 Å². The summed E-state index contributed by atoms with van der Waals surface area (Å²) in [7, 11) is 3.73. The minimum absolute atomic E-state index is 0.247. The van der Waals surface area contributed by atoms with Gasteiger partial charge in [0.2, 0.25) is 0 Å². The molecule has 0 amide bonds. The van der Waals surface area contributed by atoms with Crippen LogP contribution in [0.4, 0.5) is 0 Å². The second kappa shape index (κ2) is 6.50. The van der Waals surface area contributed by atoms with Crippen molar-refractivity contribution in [1.82, 2.24) is 9.88 Å². The Balaban J connectivity index is 1.98. The Morgan fingerprint density at radius 3 is 2.74 bits per heavy atom. The second-order valence-electron chi connectivity index (χ2n) is 4.65. The lowest BCUT2D eigenvalue weighted by Crippen LogP contribution is -2.22. The Morgan fingerprint density at radius 2 is 2.05 bits per heavy atom. The van der Waals surface area contributed by atoms with Crippen LogP contribution in [0.25, 0.3) is 0 Å².